The zero-order valence-electron chi connectivity index (χ0n) is 7.65. The first-order valence-electron chi connectivity index (χ1n) is 4.56. The van der Waals surface area contributed by atoms with E-state index in [1.165, 1.54) is 0 Å². The van der Waals surface area contributed by atoms with Gasteiger partial charge in [-0.05, 0) is 32.9 Å². The summed E-state index contributed by atoms with van der Waals surface area (Å²) < 4.78 is 0. The van der Waals surface area contributed by atoms with Crippen LogP contribution in [0.25, 0.3) is 0 Å². The summed E-state index contributed by atoms with van der Waals surface area (Å²) in [6, 6.07) is 0. The van der Waals surface area contributed by atoms with Crippen LogP contribution in [0.5, 0.6) is 0 Å². The smallest absolute Gasteiger partial charge is 0.306 e. The molecule has 1 aliphatic rings. The fourth-order valence-corrected chi connectivity index (χ4v) is 1.66. The Bertz CT molecular complexity index is 174. The predicted molar refractivity (Wildman–Crippen MR) is 48.2 cm³/mol. The average molecular weight is 186 g/mol. The van der Waals surface area contributed by atoms with E-state index in [1.807, 2.05) is 0 Å². The van der Waals surface area contributed by atoms with Crippen LogP contribution < -0.4 is 0 Å². The molecule has 1 aliphatic heterocycles. The Morgan fingerprint density at radius 1 is 1.54 bits per heavy atom. The van der Waals surface area contributed by atoms with E-state index < -0.39 is 12.1 Å². The van der Waals surface area contributed by atoms with Crippen LogP contribution in [-0.2, 0) is 4.79 Å². The van der Waals surface area contributed by atoms with E-state index >= 15 is 0 Å². The zero-order valence-corrected chi connectivity index (χ0v) is 7.65. The van der Waals surface area contributed by atoms with Crippen molar-refractivity contribution in [2.24, 2.45) is 5.92 Å². The number of carbonyl (C=O) groups is 1. The number of carboxylic acid groups (broad SMARTS) is 1. The predicted octanol–water partition coefficient (Wildman–Crippen LogP) is -0.0220. The summed E-state index contributed by atoms with van der Waals surface area (Å²) in [5.74, 6) is -0.895. The number of aliphatic hydroxyl groups is 1. The number of hydrogen-bond donors (Lipinski definition) is 2. The molecule has 13 heavy (non-hydrogen) atoms. The maximum absolute atomic E-state index is 10.6. The number of β-amino-alcohol motifs (C(OH)–C–C–N with tert-alkyl or cyclic N) is 1. The summed E-state index contributed by atoms with van der Waals surface area (Å²) in [6.45, 7) is 5.54. The molecule has 0 spiro atoms. The molecule has 1 heterocycles. The minimum Gasteiger partial charge on any atom is -0.481 e. The highest BCUT2D eigenvalue weighted by Crippen LogP contribution is 2.16. The quantitative estimate of drug-likeness (QED) is 0.650. The Labute approximate surface area is 78.2 Å². The van der Waals surface area contributed by atoms with E-state index in [1.54, 1.807) is 0 Å². The number of aliphatic hydroxyl groups excluding tert-OH is 1. The van der Waals surface area contributed by atoms with Gasteiger partial charge in [0.15, 0.2) is 0 Å². The van der Waals surface area contributed by atoms with Gasteiger partial charge in [-0.2, -0.15) is 0 Å². The number of aliphatic carboxylic acids is 1. The monoisotopic (exact) mass is 186 g/mol. The molecular weight excluding hydrogens is 170 g/mol. The normalized spacial score (nSPS) is 22.9. The molecule has 1 fully saturated rings. The highest BCUT2D eigenvalue weighted by molar-refractivity contribution is 5.70. The second kappa shape index (κ2) is 4.58. The van der Waals surface area contributed by atoms with Crippen molar-refractivity contribution in [3.05, 3.63) is 6.92 Å². The SMILES string of the molecule is [CH2]C(O)CN1CCC(C(=O)O)CC1. The van der Waals surface area contributed by atoms with E-state index in [2.05, 4.69) is 11.8 Å². The van der Waals surface area contributed by atoms with Gasteiger partial charge in [-0.15, -0.1) is 0 Å². The zero-order chi connectivity index (χ0) is 9.84. The van der Waals surface area contributed by atoms with Gasteiger partial charge in [0, 0.05) is 6.54 Å². The fraction of sp³-hybridized carbons (Fsp3) is 0.778. The summed E-state index contributed by atoms with van der Waals surface area (Å²) in [4.78, 5) is 12.7. The molecule has 0 aromatic heterocycles. The van der Waals surface area contributed by atoms with Crippen LogP contribution in [0.15, 0.2) is 0 Å². The number of likely N-dealkylation sites (tertiary alicyclic amines) is 1. The van der Waals surface area contributed by atoms with Crippen molar-refractivity contribution < 1.29 is 15.0 Å². The molecule has 1 radical (unpaired) electrons. The van der Waals surface area contributed by atoms with E-state index in [4.69, 9.17) is 10.2 Å². The van der Waals surface area contributed by atoms with Crippen molar-refractivity contribution in [2.75, 3.05) is 19.6 Å². The lowest BCUT2D eigenvalue weighted by molar-refractivity contribution is -0.143. The molecule has 4 heteroatoms. The molecule has 4 nitrogen and oxygen atoms in total. The van der Waals surface area contributed by atoms with Crippen molar-refractivity contribution in [3.63, 3.8) is 0 Å². The molecule has 1 atom stereocenters. The number of carboxylic acids is 1. The van der Waals surface area contributed by atoms with Crippen LogP contribution in [0.4, 0.5) is 0 Å². The molecule has 1 rings (SSSR count). The van der Waals surface area contributed by atoms with Gasteiger partial charge >= 0.3 is 5.97 Å². The summed E-state index contributed by atoms with van der Waals surface area (Å²) in [7, 11) is 0. The minimum atomic E-state index is -0.699. The van der Waals surface area contributed by atoms with Crippen molar-refractivity contribution >= 4 is 5.97 Å². The molecular formula is C9H16NO3. The van der Waals surface area contributed by atoms with E-state index in [9.17, 15) is 4.79 Å². The van der Waals surface area contributed by atoms with E-state index in [0.29, 0.717) is 19.4 Å². The van der Waals surface area contributed by atoms with Gasteiger partial charge < -0.3 is 15.1 Å². The molecule has 0 bridgehead atoms. The molecule has 0 aromatic rings. The fourth-order valence-electron chi connectivity index (χ4n) is 1.66. The van der Waals surface area contributed by atoms with Crippen molar-refractivity contribution in [3.8, 4) is 0 Å². The molecule has 1 unspecified atom stereocenters. The highest BCUT2D eigenvalue weighted by Gasteiger charge is 2.24. The van der Waals surface area contributed by atoms with Gasteiger partial charge in [-0.3, -0.25) is 4.79 Å². The molecule has 0 saturated carbocycles. The maximum Gasteiger partial charge on any atom is 0.306 e. The Morgan fingerprint density at radius 2 is 2.08 bits per heavy atom. The molecule has 1 saturated heterocycles. The molecule has 2 N–H and O–H groups in total. The first-order valence-corrected chi connectivity index (χ1v) is 4.56. The Balaban J connectivity index is 2.26. The lowest BCUT2D eigenvalue weighted by Crippen LogP contribution is -2.39. The van der Waals surface area contributed by atoms with Crippen LogP contribution in [0.3, 0.4) is 0 Å². The Morgan fingerprint density at radius 3 is 2.46 bits per heavy atom. The van der Waals surface area contributed by atoms with Gasteiger partial charge in [0.2, 0.25) is 0 Å². The average Bonchev–Trinajstić information content (AvgIpc) is 2.04. The lowest BCUT2D eigenvalue weighted by atomic mass is 9.97. The number of rotatable bonds is 3. The first kappa shape index (κ1) is 10.5. The van der Waals surface area contributed by atoms with Crippen molar-refractivity contribution in [1.29, 1.82) is 0 Å². The summed E-state index contributed by atoms with van der Waals surface area (Å²) in [6.07, 6.45) is 0.797. The number of hydrogen-bond acceptors (Lipinski definition) is 3. The van der Waals surface area contributed by atoms with Crippen LogP contribution in [0.1, 0.15) is 12.8 Å². The van der Waals surface area contributed by atoms with Crippen LogP contribution >= 0.6 is 0 Å². The van der Waals surface area contributed by atoms with Crippen LogP contribution in [0.2, 0.25) is 0 Å². The van der Waals surface area contributed by atoms with Gasteiger partial charge in [0.05, 0.1) is 12.0 Å². The molecule has 0 aliphatic carbocycles. The maximum atomic E-state index is 10.6. The van der Waals surface area contributed by atoms with E-state index in [0.717, 1.165) is 13.1 Å². The third kappa shape index (κ3) is 3.32. The standard InChI is InChI=1S/C9H16NO3/c1-7(11)6-10-4-2-8(3-5-10)9(12)13/h7-8,11H,1-6H2,(H,12,13). The summed E-state index contributed by atoms with van der Waals surface area (Å²) in [5, 5.41) is 17.7. The number of nitrogens with zero attached hydrogens (tertiary/aromatic N) is 1. The second-order valence-electron chi connectivity index (χ2n) is 3.57. The van der Waals surface area contributed by atoms with Gasteiger partial charge in [-0.25, -0.2) is 0 Å². The molecule has 75 valence electrons. The Hall–Kier alpha value is -0.610. The minimum absolute atomic E-state index is 0.196. The van der Waals surface area contributed by atoms with Gasteiger partial charge in [0.25, 0.3) is 0 Å². The van der Waals surface area contributed by atoms with Gasteiger partial charge in [0.1, 0.15) is 0 Å². The topological polar surface area (TPSA) is 60.8 Å². The van der Waals surface area contributed by atoms with Gasteiger partial charge in [-0.1, -0.05) is 0 Å². The molecule has 0 amide bonds. The van der Waals surface area contributed by atoms with E-state index in [-0.39, 0.29) is 5.92 Å². The van der Waals surface area contributed by atoms with Crippen molar-refractivity contribution in [1.82, 2.24) is 4.90 Å². The first-order chi connectivity index (χ1) is 6.09. The summed E-state index contributed by atoms with van der Waals surface area (Å²) >= 11 is 0. The second-order valence-corrected chi connectivity index (χ2v) is 3.57. The lowest BCUT2D eigenvalue weighted by Gasteiger charge is -2.30. The van der Waals surface area contributed by atoms with Crippen molar-refractivity contribution in [2.45, 2.75) is 18.9 Å². The largest absolute Gasteiger partial charge is 0.481 e. The third-order valence-electron chi connectivity index (χ3n) is 2.41. The molecule has 0 aromatic carbocycles. The third-order valence-corrected chi connectivity index (χ3v) is 2.41. The van der Waals surface area contributed by atoms with Crippen LogP contribution in [0, 0.1) is 12.8 Å². The number of piperidine rings is 1. The summed E-state index contributed by atoms with van der Waals surface area (Å²) in [5.41, 5.74) is 0. The highest BCUT2D eigenvalue weighted by atomic mass is 16.4. The Kier molecular flexibility index (Phi) is 3.69. The van der Waals surface area contributed by atoms with Crippen LogP contribution in [-0.4, -0.2) is 46.8 Å².